The molecule has 2 aliphatic rings. The predicted octanol–water partition coefficient (Wildman–Crippen LogP) is 5.45. The van der Waals surface area contributed by atoms with Crippen LogP contribution in [0.1, 0.15) is 63.8 Å². The fraction of sp³-hybridized carbons (Fsp3) is 0.478. The molecule has 0 radical (unpaired) electrons. The van der Waals surface area contributed by atoms with Crippen LogP contribution < -0.4 is 5.32 Å². The zero-order valence-electron chi connectivity index (χ0n) is 17.7. The Hall–Kier alpha value is -1.83. The topological polar surface area (TPSA) is 58.6 Å². The van der Waals surface area contributed by atoms with Crippen molar-refractivity contribution in [3.63, 3.8) is 0 Å². The van der Waals surface area contributed by atoms with Gasteiger partial charge >= 0.3 is 5.97 Å². The molecule has 1 fully saturated rings. The normalized spacial score (nSPS) is 15.7. The first-order valence-corrected chi connectivity index (χ1v) is 12.2. The Bertz CT molecular complexity index is 843. The highest BCUT2D eigenvalue weighted by Gasteiger charge is 2.26. The number of piperidine rings is 1. The fourth-order valence-corrected chi connectivity index (χ4v) is 5.94. The third kappa shape index (κ3) is 5.86. The number of fused-ring (bicyclic) bond motifs is 1. The molecule has 1 aliphatic heterocycles. The van der Waals surface area contributed by atoms with E-state index in [0.717, 1.165) is 41.7 Å². The van der Waals surface area contributed by atoms with Gasteiger partial charge in [-0.05, 0) is 68.7 Å². The van der Waals surface area contributed by atoms with E-state index in [0.29, 0.717) is 6.61 Å². The van der Waals surface area contributed by atoms with Crippen LogP contribution in [-0.2, 0) is 17.6 Å². The van der Waals surface area contributed by atoms with Gasteiger partial charge in [0.25, 0.3) is 0 Å². The number of anilines is 1. The maximum atomic E-state index is 11.8. The first-order valence-electron chi connectivity index (χ1n) is 10.6. The minimum Gasteiger partial charge on any atom is -0.462 e. The number of carbonyl (C=O) groups excluding carboxylic acids is 2. The lowest BCUT2D eigenvalue weighted by atomic mass is 10.1. The quantitative estimate of drug-likeness (QED) is 0.362. The highest BCUT2D eigenvalue weighted by molar-refractivity contribution is 7.97. The molecule has 162 valence electrons. The lowest BCUT2D eigenvalue weighted by molar-refractivity contribution is 0.0527. The maximum Gasteiger partial charge on any atom is 0.341 e. The van der Waals surface area contributed by atoms with Crippen LogP contribution >= 0.6 is 23.3 Å². The van der Waals surface area contributed by atoms with Crippen molar-refractivity contribution in [2.75, 3.05) is 32.1 Å². The molecule has 5 nitrogen and oxygen atoms in total. The summed E-state index contributed by atoms with van der Waals surface area (Å²) >= 11 is 3.49. The summed E-state index contributed by atoms with van der Waals surface area (Å²) in [7, 11) is 1.85. The first kappa shape index (κ1) is 22.8. The van der Waals surface area contributed by atoms with Gasteiger partial charge in [-0.1, -0.05) is 18.6 Å². The minimum absolute atomic E-state index is 0.179. The third-order valence-corrected chi connectivity index (χ3v) is 7.61. The van der Waals surface area contributed by atoms with Crippen molar-refractivity contribution in [2.24, 2.45) is 0 Å². The van der Waals surface area contributed by atoms with Gasteiger partial charge in [0.2, 0.25) is 0 Å². The molecule has 1 saturated heterocycles. The van der Waals surface area contributed by atoms with Crippen LogP contribution in [0.4, 0.5) is 5.00 Å². The van der Waals surface area contributed by atoms with E-state index in [-0.39, 0.29) is 5.97 Å². The average Bonchev–Trinajstić information content (AvgIpc) is 3.36. The smallest absolute Gasteiger partial charge is 0.341 e. The van der Waals surface area contributed by atoms with Crippen molar-refractivity contribution in [3.8, 4) is 0 Å². The van der Waals surface area contributed by atoms with Crippen LogP contribution in [-0.4, -0.2) is 43.3 Å². The molecular formula is C23H30N2O3S2. The Morgan fingerprint density at radius 2 is 1.90 bits per heavy atom. The highest BCUT2D eigenvalue weighted by Crippen LogP contribution is 2.39. The molecule has 0 spiro atoms. The van der Waals surface area contributed by atoms with E-state index >= 15 is 0 Å². The van der Waals surface area contributed by atoms with E-state index in [2.05, 4.69) is 9.62 Å². The van der Waals surface area contributed by atoms with Gasteiger partial charge in [0.15, 0.2) is 0 Å². The SMILES string of the molecule is CCOC(=O)c1c(NC)sc2c1CCC2.O=Cc1ccc(SN2CCCCC2)cc1. The zero-order chi connectivity index (χ0) is 21.3. The van der Waals surface area contributed by atoms with Crippen LogP contribution in [0.25, 0.3) is 0 Å². The molecule has 1 aromatic carbocycles. The molecule has 4 rings (SSSR count). The molecule has 2 heterocycles. The molecule has 2 aromatic rings. The summed E-state index contributed by atoms with van der Waals surface area (Å²) in [5.74, 6) is -0.179. The molecule has 1 N–H and O–H groups in total. The summed E-state index contributed by atoms with van der Waals surface area (Å²) in [5, 5.41) is 4.04. The Balaban J connectivity index is 0.000000171. The molecule has 7 heteroatoms. The van der Waals surface area contributed by atoms with E-state index in [1.807, 2.05) is 38.2 Å². The van der Waals surface area contributed by atoms with Crippen molar-refractivity contribution < 1.29 is 14.3 Å². The Morgan fingerprint density at radius 3 is 2.53 bits per heavy atom. The molecule has 30 heavy (non-hydrogen) atoms. The standard InChI is InChI=1S/C12H15NOS.C11H15NO2S/c14-10-11-4-6-12(7-5-11)15-13-8-2-1-3-9-13;1-3-14-11(13)9-7-5-4-6-8(7)15-10(9)12-2/h4-7,10H,1-3,8-9H2;12H,3-6H2,1-2H3. The van der Waals surface area contributed by atoms with Crippen molar-refractivity contribution in [2.45, 2.75) is 50.3 Å². The number of hydrogen-bond donors (Lipinski definition) is 1. The number of nitrogens with one attached hydrogen (secondary N) is 1. The third-order valence-electron chi connectivity index (χ3n) is 5.19. The van der Waals surface area contributed by atoms with Gasteiger partial charge in [-0.25, -0.2) is 9.10 Å². The second-order valence-electron chi connectivity index (χ2n) is 7.30. The van der Waals surface area contributed by atoms with Gasteiger partial charge in [0.1, 0.15) is 11.3 Å². The van der Waals surface area contributed by atoms with Crippen LogP contribution in [0, 0.1) is 0 Å². The Labute approximate surface area is 187 Å². The van der Waals surface area contributed by atoms with E-state index in [9.17, 15) is 9.59 Å². The molecular weight excluding hydrogens is 416 g/mol. The van der Waals surface area contributed by atoms with Crippen LogP contribution in [0.3, 0.4) is 0 Å². The van der Waals surface area contributed by atoms with Gasteiger partial charge in [0, 0.05) is 35.5 Å². The molecule has 0 bridgehead atoms. The summed E-state index contributed by atoms with van der Waals surface area (Å²) in [6.07, 6.45) is 8.14. The van der Waals surface area contributed by atoms with Crippen molar-refractivity contribution in [1.29, 1.82) is 0 Å². The minimum atomic E-state index is -0.179. The summed E-state index contributed by atoms with van der Waals surface area (Å²) in [6, 6.07) is 7.78. The Morgan fingerprint density at radius 1 is 1.17 bits per heavy atom. The Kier molecular flexibility index (Phi) is 8.78. The number of ether oxygens (including phenoxy) is 1. The number of aldehydes is 1. The molecule has 1 aromatic heterocycles. The summed E-state index contributed by atoms with van der Waals surface area (Å²) < 4.78 is 7.48. The molecule has 0 atom stereocenters. The second kappa shape index (κ2) is 11.5. The largest absolute Gasteiger partial charge is 0.462 e. The second-order valence-corrected chi connectivity index (χ2v) is 9.58. The number of benzene rings is 1. The van der Waals surface area contributed by atoms with Crippen LogP contribution in [0.15, 0.2) is 29.2 Å². The van der Waals surface area contributed by atoms with Gasteiger partial charge in [0.05, 0.1) is 12.2 Å². The highest BCUT2D eigenvalue weighted by atomic mass is 32.2. The van der Waals surface area contributed by atoms with Crippen molar-refractivity contribution in [1.82, 2.24) is 4.31 Å². The van der Waals surface area contributed by atoms with E-state index in [4.69, 9.17) is 4.74 Å². The predicted molar refractivity (Wildman–Crippen MR) is 125 cm³/mol. The monoisotopic (exact) mass is 446 g/mol. The molecule has 1 aliphatic carbocycles. The number of nitrogens with zero attached hydrogens (tertiary/aromatic N) is 1. The van der Waals surface area contributed by atoms with E-state index in [1.165, 1.54) is 47.7 Å². The maximum absolute atomic E-state index is 11.8. The van der Waals surface area contributed by atoms with Crippen molar-refractivity contribution >= 4 is 40.5 Å². The van der Waals surface area contributed by atoms with E-state index < -0.39 is 0 Å². The number of carbonyl (C=O) groups is 2. The zero-order valence-corrected chi connectivity index (χ0v) is 19.4. The first-order chi connectivity index (χ1) is 14.7. The van der Waals surface area contributed by atoms with Gasteiger partial charge in [-0.15, -0.1) is 11.3 Å². The van der Waals surface area contributed by atoms with Crippen molar-refractivity contribution in [3.05, 3.63) is 45.8 Å². The lowest BCUT2D eigenvalue weighted by Gasteiger charge is -2.24. The molecule has 0 amide bonds. The summed E-state index contributed by atoms with van der Waals surface area (Å²) in [6.45, 7) is 4.64. The fourth-order valence-electron chi connectivity index (χ4n) is 3.71. The van der Waals surface area contributed by atoms with Gasteiger partial charge < -0.3 is 10.1 Å². The average molecular weight is 447 g/mol. The molecule has 0 saturated carbocycles. The summed E-state index contributed by atoms with van der Waals surface area (Å²) in [4.78, 5) is 24.9. The van der Waals surface area contributed by atoms with E-state index in [1.54, 1.807) is 23.3 Å². The number of esters is 1. The summed E-state index contributed by atoms with van der Waals surface area (Å²) in [5.41, 5.74) is 2.73. The van der Waals surface area contributed by atoms with Gasteiger partial charge in [-0.3, -0.25) is 4.79 Å². The van der Waals surface area contributed by atoms with Crippen LogP contribution in [0.5, 0.6) is 0 Å². The number of rotatable bonds is 6. The van der Waals surface area contributed by atoms with Crippen LogP contribution in [0.2, 0.25) is 0 Å². The number of aryl methyl sites for hydroxylation is 1. The lowest BCUT2D eigenvalue weighted by Crippen LogP contribution is -2.22. The number of thiophene rings is 1. The number of hydrogen-bond acceptors (Lipinski definition) is 7. The van der Waals surface area contributed by atoms with Gasteiger partial charge in [-0.2, -0.15) is 0 Å². The molecule has 0 unspecified atom stereocenters.